The van der Waals surface area contributed by atoms with Crippen LogP contribution in [0, 0.1) is 13.8 Å². The van der Waals surface area contributed by atoms with Crippen molar-refractivity contribution in [1.82, 2.24) is 14.5 Å². The van der Waals surface area contributed by atoms with Gasteiger partial charge in [0.25, 0.3) is 17.4 Å². The largest absolute Gasteiger partial charge is 0.395 e. The summed E-state index contributed by atoms with van der Waals surface area (Å²) in [5.41, 5.74) is 4.55. The van der Waals surface area contributed by atoms with E-state index in [-0.39, 0.29) is 36.3 Å². The molecule has 4 aromatic rings. The van der Waals surface area contributed by atoms with Crippen LogP contribution >= 0.6 is 0 Å². The van der Waals surface area contributed by atoms with Gasteiger partial charge in [-0.1, -0.05) is 30.3 Å². The maximum absolute atomic E-state index is 13.8. The molecule has 0 spiro atoms. The van der Waals surface area contributed by atoms with Crippen molar-refractivity contribution in [1.29, 1.82) is 0 Å². The molecule has 0 aliphatic heterocycles. The van der Waals surface area contributed by atoms with Crippen molar-refractivity contribution >= 4 is 29.0 Å². The average molecular weight is 582 g/mol. The van der Waals surface area contributed by atoms with E-state index in [4.69, 9.17) is 10.1 Å². The summed E-state index contributed by atoms with van der Waals surface area (Å²) in [5, 5.41) is 12.2. The van der Waals surface area contributed by atoms with E-state index in [1.807, 2.05) is 83.1 Å². The van der Waals surface area contributed by atoms with Gasteiger partial charge in [-0.25, -0.2) is 4.98 Å². The molecule has 4 rings (SSSR count). The summed E-state index contributed by atoms with van der Waals surface area (Å²) in [6, 6.07) is 21.7. The first kappa shape index (κ1) is 31.2. The molecule has 2 N–H and O–H groups in total. The van der Waals surface area contributed by atoms with Crippen LogP contribution in [0.4, 0.5) is 17.2 Å². The molecule has 0 saturated heterocycles. The Labute approximate surface area is 252 Å². The Morgan fingerprint density at radius 3 is 2.14 bits per heavy atom. The molecular weight excluding hydrogens is 542 g/mol. The Kier molecular flexibility index (Phi) is 9.16. The maximum Gasteiger partial charge on any atom is 0.293 e. The first-order valence-corrected chi connectivity index (χ1v) is 14.2. The van der Waals surface area contributed by atoms with Gasteiger partial charge >= 0.3 is 0 Å². The number of benzene rings is 3. The number of rotatable bonds is 8. The van der Waals surface area contributed by atoms with Gasteiger partial charge in [-0.05, 0) is 82.6 Å². The molecule has 0 aliphatic rings. The number of nitrogens with one attached hydrogen (secondary N) is 1. The molecule has 0 fully saturated rings. The third-order valence-electron chi connectivity index (χ3n) is 7.45. The molecule has 9 heteroatoms. The number of carbonyl (C=O) groups is 2. The summed E-state index contributed by atoms with van der Waals surface area (Å²) in [7, 11) is 3.33. The lowest BCUT2D eigenvalue weighted by Crippen LogP contribution is -2.46. The second-order valence-corrected chi connectivity index (χ2v) is 11.5. The molecule has 9 nitrogen and oxygen atoms in total. The van der Waals surface area contributed by atoms with Crippen LogP contribution in [0.2, 0.25) is 0 Å². The number of amides is 2. The van der Waals surface area contributed by atoms with Gasteiger partial charge in [0, 0.05) is 59.9 Å². The SMILES string of the molecule is Cc1c(-c2nc(Nc3ccc(C(=O)N(C)CCO)cc3)c(=O)n(C)c2C)cccc1N(C(=O)c1ccccc1)C(C)(C)C. The molecule has 1 heterocycles. The molecule has 3 aromatic carbocycles. The Balaban J connectivity index is 1.75. The van der Waals surface area contributed by atoms with E-state index in [0.29, 0.717) is 28.2 Å². The zero-order valence-corrected chi connectivity index (χ0v) is 25.8. The number of nitrogens with zero attached hydrogens (tertiary/aromatic N) is 4. The number of likely N-dealkylation sites (N-methyl/N-ethyl adjacent to an activating group) is 1. The van der Waals surface area contributed by atoms with Crippen molar-refractivity contribution in [2.24, 2.45) is 7.05 Å². The Bertz CT molecular complexity index is 1690. The molecule has 43 heavy (non-hydrogen) atoms. The number of aliphatic hydroxyl groups excluding tert-OH is 1. The van der Waals surface area contributed by atoms with Crippen LogP contribution < -0.4 is 15.8 Å². The summed E-state index contributed by atoms with van der Waals surface area (Å²) in [6.45, 7) is 9.93. The highest BCUT2D eigenvalue weighted by molar-refractivity contribution is 6.07. The highest BCUT2D eigenvalue weighted by atomic mass is 16.3. The maximum atomic E-state index is 13.8. The fourth-order valence-corrected chi connectivity index (χ4v) is 4.96. The van der Waals surface area contributed by atoms with E-state index < -0.39 is 5.54 Å². The molecule has 1 aromatic heterocycles. The number of hydrogen-bond acceptors (Lipinski definition) is 6. The fourth-order valence-electron chi connectivity index (χ4n) is 4.96. The Hall–Kier alpha value is -4.76. The van der Waals surface area contributed by atoms with Gasteiger partial charge in [0.15, 0.2) is 5.82 Å². The normalized spacial score (nSPS) is 11.3. The summed E-state index contributed by atoms with van der Waals surface area (Å²) in [6.07, 6.45) is 0. The van der Waals surface area contributed by atoms with Crippen LogP contribution in [0.25, 0.3) is 11.3 Å². The standard InChI is InChI=1S/C34H39N5O4/c1-22-27(14-11-15-28(22)39(34(3,4)5)32(42)24-12-9-8-10-13-24)29-23(2)38(7)33(43)30(36-29)35-26-18-16-25(17-19-26)31(41)37(6)20-21-40/h8-19,40H,20-21H2,1-7H3,(H,35,36). The van der Waals surface area contributed by atoms with Crippen molar-refractivity contribution in [3.05, 3.63) is 106 Å². The van der Waals surface area contributed by atoms with E-state index >= 15 is 0 Å². The lowest BCUT2D eigenvalue weighted by Gasteiger charge is -2.37. The lowest BCUT2D eigenvalue weighted by molar-refractivity contribution is 0.0766. The van der Waals surface area contributed by atoms with Crippen LogP contribution in [0.3, 0.4) is 0 Å². The Morgan fingerprint density at radius 1 is 0.907 bits per heavy atom. The summed E-state index contributed by atoms with van der Waals surface area (Å²) >= 11 is 0. The predicted octanol–water partition coefficient (Wildman–Crippen LogP) is 5.32. The Morgan fingerprint density at radius 2 is 1.53 bits per heavy atom. The van der Waals surface area contributed by atoms with E-state index in [9.17, 15) is 14.4 Å². The van der Waals surface area contributed by atoms with E-state index in [0.717, 1.165) is 16.8 Å². The number of hydrogen-bond donors (Lipinski definition) is 2. The third kappa shape index (κ3) is 6.52. The number of aromatic nitrogens is 2. The van der Waals surface area contributed by atoms with Crippen LogP contribution in [-0.2, 0) is 7.05 Å². The van der Waals surface area contributed by atoms with E-state index in [1.54, 1.807) is 47.8 Å². The first-order valence-electron chi connectivity index (χ1n) is 14.2. The molecule has 0 bridgehead atoms. The molecule has 0 saturated carbocycles. The van der Waals surface area contributed by atoms with Crippen molar-refractivity contribution in [2.45, 2.75) is 40.2 Å². The molecular formula is C34H39N5O4. The van der Waals surface area contributed by atoms with Crippen LogP contribution in [0.1, 0.15) is 52.7 Å². The van der Waals surface area contributed by atoms with Gasteiger partial charge in [-0.3, -0.25) is 14.4 Å². The van der Waals surface area contributed by atoms with Gasteiger partial charge < -0.3 is 24.8 Å². The molecule has 0 atom stereocenters. The van der Waals surface area contributed by atoms with Crippen LogP contribution in [-0.4, -0.2) is 57.1 Å². The average Bonchev–Trinajstić information content (AvgIpc) is 2.98. The van der Waals surface area contributed by atoms with Crippen LogP contribution in [0.5, 0.6) is 0 Å². The quantitative estimate of drug-likeness (QED) is 0.292. The third-order valence-corrected chi connectivity index (χ3v) is 7.45. The summed E-state index contributed by atoms with van der Waals surface area (Å²) in [5.74, 6) is -0.180. The van der Waals surface area contributed by atoms with Gasteiger partial charge in [0.05, 0.1) is 12.3 Å². The lowest BCUT2D eigenvalue weighted by atomic mass is 9.96. The zero-order valence-electron chi connectivity index (χ0n) is 25.8. The van der Waals surface area contributed by atoms with Gasteiger partial charge in [-0.15, -0.1) is 0 Å². The molecule has 2 amide bonds. The van der Waals surface area contributed by atoms with Crippen LogP contribution in [0.15, 0.2) is 77.6 Å². The highest BCUT2D eigenvalue weighted by Gasteiger charge is 2.31. The number of anilines is 3. The van der Waals surface area contributed by atoms with Crippen molar-refractivity contribution in [3.8, 4) is 11.3 Å². The number of carbonyl (C=O) groups excluding carboxylic acids is 2. The molecule has 224 valence electrons. The predicted molar refractivity (Wildman–Crippen MR) is 171 cm³/mol. The van der Waals surface area contributed by atoms with Crippen molar-refractivity contribution in [3.63, 3.8) is 0 Å². The highest BCUT2D eigenvalue weighted by Crippen LogP contribution is 2.35. The fraction of sp³-hybridized carbons (Fsp3) is 0.294. The minimum atomic E-state index is -0.518. The van der Waals surface area contributed by atoms with Crippen molar-refractivity contribution < 1.29 is 14.7 Å². The van der Waals surface area contributed by atoms with Gasteiger partial charge in [0.2, 0.25) is 0 Å². The second kappa shape index (κ2) is 12.6. The minimum Gasteiger partial charge on any atom is -0.395 e. The summed E-state index contributed by atoms with van der Waals surface area (Å²) in [4.78, 5) is 47.6. The van der Waals surface area contributed by atoms with Gasteiger partial charge in [-0.2, -0.15) is 0 Å². The van der Waals surface area contributed by atoms with Crippen molar-refractivity contribution in [2.75, 3.05) is 30.4 Å². The second-order valence-electron chi connectivity index (χ2n) is 11.5. The number of aliphatic hydroxyl groups is 1. The topological polar surface area (TPSA) is 108 Å². The monoisotopic (exact) mass is 581 g/mol. The molecule has 0 aliphatic carbocycles. The minimum absolute atomic E-state index is 0.106. The molecule has 0 radical (unpaired) electrons. The zero-order chi connectivity index (χ0) is 31.5. The smallest absolute Gasteiger partial charge is 0.293 e. The first-order chi connectivity index (χ1) is 20.3. The summed E-state index contributed by atoms with van der Waals surface area (Å²) < 4.78 is 1.55. The van der Waals surface area contributed by atoms with E-state index in [1.165, 1.54) is 4.90 Å². The van der Waals surface area contributed by atoms with Gasteiger partial charge in [0.1, 0.15) is 0 Å². The molecule has 0 unspecified atom stereocenters. The van der Waals surface area contributed by atoms with E-state index in [2.05, 4.69) is 5.32 Å².